The van der Waals surface area contributed by atoms with Gasteiger partial charge in [-0.05, 0) is 133 Å². The molecule has 0 fully saturated rings. The Balaban J connectivity index is 0.709. The molecule has 0 spiro atoms. The predicted molar refractivity (Wildman–Crippen MR) is 292 cm³/mol. The number of para-hydroxylation sites is 3. The third kappa shape index (κ3) is 15.8. The van der Waals surface area contributed by atoms with E-state index in [1.807, 2.05) is 81.4 Å². The Morgan fingerprint density at radius 1 is 0.548 bits per heavy atom. The summed E-state index contributed by atoms with van der Waals surface area (Å²) in [6.07, 6.45) is 19.4. The summed E-state index contributed by atoms with van der Waals surface area (Å²) in [7, 11) is 6.12. The van der Waals surface area contributed by atoms with Crippen molar-refractivity contribution in [2.45, 2.75) is 96.4 Å². The van der Waals surface area contributed by atoms with E-state index in [2.05, 4.69) is 49.8 Å². The molecule has 7 rings (SSSR count). The molecule has 73 heavy (non-hydrogen) atoms. The number of nitrogens with one attached hydrogen (secondary N) is 3. The van der Waals surface area contributed by atoms with Crippen molar-refractivity contribution < 1.29 is 23.9 Å². The van der Waals surface area contributed by atoms with Crippen molar-refractivity contribution in [3.63, 3.8) is 0 Å². The maximum Gasteiger partial charge on any atom is 0.257 e. The van der Waals surface area contributed by atoms with Gasteiger partial charge in [0.15, 0.2) is 11.6 Å². The van der Waals surface area contributed by atoms with Crippen molar-refractivity contribution in [1.29, 1.82) is 0 Å². The average Bonchev–Trinajstić information content (AvgIpc) is 3.60. The first-order chi connectivity index (χ1) is 35.7. The van der Waals surface area contributed by atoms with Crippen LogP contribution < -0.4 is 30.5 Å². The molecular formula is C58H76N10O5. The number of amides is 4. The van der Waals surface area contributed by atoms with Gasteiger partial charge in [0.2, 0.25) is 11.8 Å². The van der Waals surface area contributed by atoms with E-state index in [1.54, 1.807) is 49.8 Å². The smallest absolute Gasteiger partial charge is 0.257 e. The van der Waals surface area contributed by atoms with Crippen molar-refractivity contribution in [2.75, 3.05) is 94.0 Å². The fraction of sp³-hybridized carbons (Fsp3) is 0.448. The Hall–Kier alpha value is -6.84. The first-order valence-electron chi connectivity index (χ1n) is 26.5. The van der Waals surface area contributed by atoms with E-state index in [4.69, 9.17) is 4.74 Å². The number of fused-ring (bicyclic) bond motifs is 4. The lowest BCUT2D eigenvalue weighted by atomic mass is 10.1. The molecule has 5 aromatic rings. The number of carbonyl (C=O) groups excluding carboxylic acids is 4. The third-order valence-corrected chi connectivity index (χ3v) is 13.8. The number of anilines is 6. The predicted octanol–water partition coefficient (Wildman–Crippen LogP) is 10.1. The minimum atomic E-state index is -0.222. The zero-order chi connectivity index (χ0) is 51.2. The monoisotopic (exact) mass is 993 g/mol. The minimum absolute atomic E-state index is 0.0416. The van der Waals surface area contributed by atoms with Crippen molar-refractivity contribution >= 4 is 58.0 Å². The van der Waals surface area contributed by atoms with E-state index in [9.17, 15) is 19.2 Å². The Morgan fingerprint density at radius 3 is 1.53 bits per heavy atom. The zero-order valence-corrected chi connectivity index (χ0v) is 43.3. The normalized spacial score (nSPS) is 12.8. The molecule has 3 aromatic carbocycles. The van der Waals surface area contributed by atoms with Gasteiger partial charge in [-0.2, -0.15) is 0 Å². The molecule has 388 valence electrons. The molecule has 0 unspecified atom stereocenters. The number of hydrogen-bond donors (Lipinski definition) is 3. The van der Waals surface area contributed by atoms with Crippen molar-refractivity contribution in [2.24, 2.45) is 0 Å². The fourth-order valence-corrected chi connectivity index (χ4v) is 9.73. The second kappa shape index (κ2) is 28.4. The van der Waals surface area contributed by atoms with Crippen LogP contribution in [0.25, 0.3) is 0 Å². The highest BCUT2D eigenvalue weighted by atomic mass is 16.5. The number of benzene rings is 3. The number of carbonyl (C=O) groups is 4. The van der Waals surface area contributed by atoms with Crippen LogP contribution in [0.4, 0.5) is 34.4 Å². The summed E-state index contributed by atoms with van der Waals surface area (Å²) in [4.78, 5) is 73.0. The molecule has 2 aliphatic rings. The summed E-state index contributed by atoms with van der Waals surface area (Å²) in [5.41, 5.74) is 4.46. The number of rotatable bonds is 30. The Bertz CT molecular complexity index is 2570. The molecule has 2 aromatic heterocycles. The largest absolute Gasteiger partial charge is 0.496 e. The van der Waals surface area contributed by atoms with E-state index in [1.165, 1.54) is 38.5 Å². The molecule has 2 aliphatic heterocycles. The minimum Gasteiger partial charge on any atom is -0.496 e. The highest BCUT2D eigenvalue weighted by molar-refractivity contribution is 6.13. The lowest BCUT2D eigenvalue weighted by Crippen LogP contribution is -2.39. The van der Waals surface area contributed by atoms with Crippen molar-refractivity contribution in [3.05, 3.63) is 126 Å². The zero-order valence-electron chi connectivity index (χ0n) is 43.3. The lowest BCUT2D eigenvalue weighted by Gasteiger charge is -2.29. The number of aromatic nitrogens is 2. The van der Waals surface area contributed by atoms with Crippen molar-refractivity contribution in [1.82, 2.24) is 30.0 Å². The summed E-state index contributed by atoms with van der Waals surface area (Å²) < 4.78 is 5.67. The Morgan fingerprint density at radius 2 is 1.00 bits per heavy atom. The Kier molecular flexibility index (Phi) is 21.0. The van der Waals surface area contributed by atoms with Crippen LogP contribution in [-0.2, 0) is 16.1 Å². The van der Waals surface area contributed by atoms with Crippen LogP contribution in [0.2, 0.25) is 0 Å². The number of hydrogen-bond acceptors (Lipinski definition) is 11. The molecule has 3 N–H and O–H groups in total. The second-order valence-electron chi connectivity index (χ2n) is 19.4. The quantitative estimate of drug-likeness (QED) is 0.0377. The fourth-order valence-electron chi connectivity index (χ4n) is 9.73. The van der Waals surface area contributed by atoms with E-state index in [0.717, 1.165) is 88.9 Å². The highest BCUT2D eigenvalue weighted by Crippen LogP contribution is 2.37. The molecule has 15 nitrogen and oxygen atoms in total. The van der Waals surface area contributed by atoms with Crippen LogP contribution in [0.3, 0.4) is 0 Å². The molecule has 0 aliphatic carbocycles. The van der Waals surface area contributed by atoms with Crippen LogP contribution in [0.15, 0.2) is 109 Å². The number of nitrogens with zero attached hydrogens (tertiary/aromatic N) is 7. The van der Waals surface area contributed by atoms with Gasteiger partial charge >= 0.3 is 0 Å². The molecule has 4 heterocycles. The number of ether oxygens (including phenoxy) is 1. The standard InChI is InChI=1S/C58H76N10O5/c1-64(39-21-9-6-18-34-59-53(69)43-67-50-31-15-13-27-46(50)57(71)62-48-29-24-35-60-55(48)67)37-19-7-4-5-8-20-38-65(2)40-22-10-11-23-41-66(42-45-26-12-17-33-52(45)73-3)54(70)44-68-51-32-16-14-28-47(51)58(72)63-49-30-25-36-61-56(49)68/h12-17,24-33,35-36H,4-11,18-23,34,37-44H2,1-3H3,(H,59,69)(H,62,71)(H,63,72). The van der Waals surface area contributed by atoms with E-state index >= 15 is 0 Å². The first kappa shape index (κ1) is 53.9. The van der Waals surface area contributed by atoms with Gasteiger partial charge in [0.1, 0.15) is 18.8 Å². The topological polar surface area (TPSA) is 156 Å². The van der Waals surface area contributed by atoms with Crippen LogP contribution >= 0.6 is 0 Å². The Labute approximate surface area is 432 Å². The summed E-state index contributed by atoms with van der Waals surface area (Å²) in [6, 6.07) is 29.7. The van der Waals surface area contributed by atoms with Crippen molar-refractivity contribution in [3.8, 4) is 5.75 Å². The van der Waals surface area contributed by atoms with Gasteiger partial charge in [-0.1, -0.05) is 93.8 Å². The maximum absolute atomic E-state index is 14.3. The van der Waals surface area contributed by atoms with Gasteiger partial charge in [-0.3, -0.25) is 19.2 Å². The summed E-state index contributed by atoms with van der Waals surface area (Å²) >= 11 is 0. The van der Waals surface area contributed by atoms with E-state index in [-0.39, 0.29) is 36.7 Å². The first-order valence-corrected chi connectivity index (χ1v) is 26.5. The van der Waals surface area contributed by atoms with Crippen LogP contribution in [0, 0.1) is 0 Å². The molecule has 15 heteroatoms. The van der Waals surface area contributed by atoms with Gasteiger partial charge < -0.3 is 45.2 Å². The van der Waals surface area contributed by atoms with Gasteiger partial charge in [-0.25, -0.2) is 9.97 Å². The van der Waals surface area contributed by atoms with E-state index < -0.39 is 0 Å². The summed E-state index contributed by atoms with van der Waals surface area (Å²) in [5.74, 6) is 1.30. The third-order valence-electron chi connectivity index (χ3n) is 13.8. The van der Waals surface area contributed by atoms with Crippen LogP contribution in [0.1, 0.15) is 116 Å². The van der Waals surface area contributed by atoms with Crippen LogP contribution in [-0.4, -0.2) is 122 Å². The number of pyridine rings is 2. The summed E-state index contributed by atoms with van der Waals surface area (Å²) in [5, 5.41) is 8.97. The maximum atomic E-state index is 14.3. The highest BCUT2D eigenvalue weighted by Gasteiger charge is 2.30. The number of unbranched alkanes of at least 4 members (excludes halogenated alkanes) is 11. The lowest BCUT2D eigenvalue weighted by molar-refractivity contribution is -0.130. The second-order valence-corrected chi connectivity index (χ2v) is 19.4. The molecular weight excluding hydrogens is 917 g/mol. The molecule has 0 bridgehead atoms. The van der Waals surface area contributed by atoms with Gasteiger partial charge in [-0.15, -0.1) is 0 Å². The van der Waals surface area contributed by atoms with Gasteiger partial charge in [0.25, 0.3) is 11.8 Å². The van der Waals surface area contributed by atoms with E-state index in [0.29, 0.717) is 65.1 Å². The molecule has 0 saturated carbocycles. The van der Waals surface area contributed by atoms with Gasteiger partial charge in [0, 0.05) is 37.6 Å². The van der Waals surface area contributed by atoms with Crippen LogP contribution in [0.5, 0.6) is 5.75 Å². The number of methoxy groups -OCH3 is 1. The summed E-state index contributed by atoms with van der Waals surface area (Å²) in [6.45, 7) is 6.22. The molecule has 4 amide bonds. The van der Waals surface area contributed by atoms with Gasteiger partial charge in [0.05, 0.1) is 41.0 Å². The molecule has 0 atom stereocenters. The average molecular weight is 993 g/mol. The molecule has 0 saturated heterocycles. The SMILES string of the molecule is COc1ccccc1CN(CCCCCCN(C)CCCCCCCCN(C)CCCCCCNC(=O)CN1c2ccccc2C(=O)Nc2cccnc21)C(=O)CN1c2ccccc2C(=O)Nc2cccnc21. The molecule has 0 radical (unpaired) electrons.